The van der Waals surface area contributed by atoms with E-state index in [1.807, 2.05) is 18.4 Å². The molecule has 176 valence electrons. The minimum Gasteiger partial charge on any atom is -0.299 e. The first-order valence-corrected chi connectivity index (χ1v) is 13.7. The van der Waals surface area contributed by atoms with Crippen LogP contribution in [0.2, 0.25) is 0 Å². The van der Waals surface area contributed by atoms with Crippen molar-refractivity contribution in [2.24, 2.45) is 11.8 Å². The Kier molecular flexibility index (Phi) is 7.48. The van der Waals surface area contributed by atoms with Crippen LogP contribution in [0.3, 0.4) is 0 Å². The molecule has 1 N–H and O–H groups in total. The molecule has 2 heterocycles. The molecule has 0 bridgehead atoms. The van der Waals surface area contributed by atoms with Gasteiger partial charge in [0.2, 0.25) is 22.9 Å². The van der Waals surface area contributed by atoms with Gasteiger partial charge in [-0.05, 0) is 42.8 Å². The number of carbonyl (C=O) groups is 3. The third kappa shape index (κ3) is 4.99. The van der Waals surface area contributed by atoms with Crippen LogP contribution in [-0.2, 0) is 14.4 Å². The molecule has 1 aliphatic carbocycles. The Morgan fingerprint density at radius 2 is 1.76 bits per heavy atom. The molecular formula is C24H30N4O3S2. The number of thioether (sulfide) groups is 1. The fourth-order valence-electron chi connectivity index (χ4n) is 4.69. The highest BCUT2D eigenvalue weighted by Crippen LogP contribution is 2.39. The molecule has 0 radical (unpaired) electrons. The van der Waals surface area contributed by atoms with Crippen LogP contribution in [0.25, 0.3) is 10.6 Å². The summed E-state index contributed by atoms with van der Waals surface area (Å²) in [5, 5.41) is 12.3. The standard InChI is InChI=1S/C24H30N4O3S2/c1-14(2)15-8-10-16(11-9-15)21-26-27-24(33-21)25-20(29)19(12-13-32-3)28-22(30)17-6-4-5-7-18(17)23(28)31/h8-11,14,17-19H,4-7,12-13H2,1-3H3,(H,25,27,29). The molecule has 0 spiro atoms. The zero-order chi connectivity index (χ0) is 23.5. The van der Waals surface area contributed by atoms with E-state index in [1.54, 1.807) is 11.8 Å². The number of amides is 3. The molecule has 9 heteroatoms. The fourth-order valence-corrected chi connectivity index (χ4v) is 5.90. The maximum Gasteiger partial charge on any atom is 0.249 e. The number of carbonyl (C=O) groups excluding carboxylic acids is 3. The number of benzene rings is 1. The predicted octanol–water partition coefficient (Wildman–Crippen LogP) is 4.56. The van der Waals surface area contributed by atoms with E-state index in [1.165, 1.54) is 21.8 Å². The molecule has 1 saturated heterocycles. The van der Waals surface area contributed by atoms with Crippen LogP contribution in [0.15, 0.2) is 24.3 Å². The summed E-state index contributed by atoms with van der Waals surface area (Å²) >= 11 is 2.88. The lowest BCUT2D eigenvalue weighted by molar-refractivity contribution is -0.146. The van der Waals surface area contributed by atoms with Crippen molar-refractivity contribution in [2.75, 3.05) is 17.3 Å². The van der Waals surface area contributed by atoms with Crippen LogP contribution >= 0.6 is 23.1 Å². The maximum atomic E-state index is 13.2. The van der Waals surface area contributed by atoms with Gasteiger partial charge in [0.05, 0.1) is 11.8 Å². The molecule has 1 aromatic carbocycles. The fraction of sp³-hybridized carbons (Fsp3) is 0.542. The Morgan fingerprint density at radius 1 is 1.12 bits per heavy atom. The van der Waals surface area contributed by atoms with Crippen LogP contribution in [0.1, 0.15) is 57.4 Å². The number of anilines is 1. The third-order valence-corrected chi connectivity index (χ3v) is 8.10. The quantitative estimate of drug-likeness (QED) is 0.550. The van der Waals surface area contributed by atoms with Gasteiger partial charge in [0.25, 0.3) is 0 Å². The molecule has 1 aromatic heterocycles. The highest BCUT2D eigenvalue weighted by Gasteiger charge is 2.51. The molecule has 3 amide bonds. The molecule has 1 aliphatic heterocycles. The third-order valence-electron chi connectivity index (χ3n) is 6.56. The second kappa shape index (κ2) is 10.3. The number of nitrogens with zero attached hydrogens (tertiary/aromatic N) is 3. The van der Waals surface area contributed by atoms with Gasteiger partial charge in [-0.15, -0.1) is 10.2 Å². The Bertz CT molecular complexity index is 997. The smallest absolute Gasteiger partial charge is 0.249 e. The summed E-state index contributed by atoms with van der Waals surface area (Å²) in [6.07, 6.45) is 5.76. The van der Waals surface area contributed by atoms with Gasteiger partial charge in [-0.2, -0.15) is 11.8 Å². The van der Waals surface area contributed by atoms with Crippen LogP contribution in [0.4, 0.5) is 5.13 Å². The average Bonchev–Trinajstić information content (AvgIpc) is 3.38. The van der Waals surface area contributed by atoms with Crippen molar-refractivity contribution in [1.82, 2.24) is 15.1 Å². The van der Waals surface area contributed by atoms with Gasteiger partial charge >= 0.3 is 0 Å². The van der Waals surface area contributed by atoms with Crippen LogP contribution in [0.5, 0.6) is 0 Å². The molecule has 1 saturated carbocycles. The van der Waals surface area contributed by atoms with Gasteiger partial charge in [0.1, 0.15) is 11.0 Å². The van der Waals surface area contributed by atoms with Gasteiger partial charge in [0, 0.05) is 5.56 Å². The number of rotatable bonds is 8. The summed E-state index contributed by atoms with van der Waals surface area (Å²) in [5.74, 6) is -0.156. The van der Waals surface area contributed by atoms with Crippen molar-refractivity contribution >= 4 is 46.0 Å². The van der Waals surface area contributed by atoms with Crippen LogP contribution in [0, 0.1) is 11.8 Å². The van der Waals surface area contributed by atoms with E-state index >= 15 is 0 Å². The van der Waals surface area contributed by atoms with Crippen molar-refractivity contribution in [3.63, 3.8) is 0 Å². The van der Waals surface area contributed by atoms with E-state index in [0.29, 0.717) is 28.2 Å². The summed E-state index contributed by atoms with van der Waals surface area (Å²) in [4.78, 5) is 40.6. The van der Waals surface area contributed by atoms with Crippen LogP contribution < -0.4 is 5.32 Å². The largest absolute Gasteiger partial charge is 0.299 e. The van der Waals surface area contributed by atoms with E-state index in [2.05, 4.69) is 41.5 Å². The first kappa shape index (κ1) is 23.9. The molecular weight excluding hydrogens is 456 g/mol. The Morgan fingerprint density at radius 3 is 2.33 bits per heavy atom. The molecule has 3 atom stereocenters. The first-order chi connectivity index (χ1) is 15.9. The van der Waals surface area contributed by atoms with E-state index in [0.717, 1.165) is 31.2 Å². The number of aromatic nitrogens is 2. The number of fused-ring (bicyclic) bond motifs is 1. The highest BCUT2D eigenvalue weighted by molar-refractivity contribution is 7.98. The second-order valence-electron chi connectivity index (χ2n) is 9.02. The van der Waals surface area contributed by atoms with Gasteiger partial charge in [-0.25, -0.2) is 0 Å². The number of hydrogen-bond donors (Lipinski definition) is 1. The molecule has 2 aliphatic rings. The predicted molar refractivity (Wildman–Crippen MR) is 132 cm³/mol. The van der Waals surface area contributed by atoms with E-state index < -0.39 is 6.04 Å². The van der Waals surface area contributed by atoms with Crippen LogP contribution in [-0.4, -0.2) is 50.9 Å². The topological polar surface area (TPSA) is 92.3 Å². The van der Waals surface area contributed by atoms with Gasteiger partial charge < -0.3 is 0 Å². The Hall–Kier alpha value is -2.26. The minimum absolute atomic E-state index is 0.186. The minimum atomic E-state index is -0.819. The lowest BCUT2D eigenvalue weighted by atomic mass is 9.81. The molecule has 7 nitrogen and oxygen atoms in total. The zero-order valence-corrected chi connectivity index (χ0v) is 20.9. The van der Waals surface area contributed by atoms with Crippen molar-refractivity contribution in [3.05, 3.63) is 29.8 Å². The number of hydrogen-bond acceptors (Lipinski definition) is 7. The lowest BCUT2D eigenvalue weighted by Gasteiger charge is -2.25. The van der Waals surface area contributed by atoms with Crippen molar-refractivity contribution in [2.45, 2.75) is 57.9 Å². The number of imide groups is 1. The summed E-state index contributed by atoms with van der Waals surface area (Å²) in [7, 11) is 0. The molecule has 2 fully saturated rings. The number of nitrogens with one attached hydrogen (secondary N) is 1. The second-order valence-corrected chi connectivity index (χ2v) is 11.0. The summed E-state index contributed by atoms with van der Waals surface area (Å²) in [5.41, 5.74) is 2.18. The lowest BCUT2D eigenvalue weighted by Crippen LogP contribution is -2.48. The normalized spacial score (nSPS) is 21.4. The van der Waals surface area contributed by atoms with E-state index in [4.69, 9.17) is 0 Å². The van der Waals surface area contributed by atoms with Gasteiger partial charge in [0.15, 0.2) is 0 Å². The van der Waals surface area contributed by atoms with Gasteiger partial charge in [-0.1, -0.05) is 62.3 Å². The van der Waals surface area contributed by atoms with Crippen molar-refractivity contribution in [3.8, 4) is 10.6 Å². The van der Waals surface area contributed by atoms with E-state index in [9.17, 15) is 14.4 Å². The summed E-state index contributed by atoms with van der Waals surface area (Å²) in [6, 6.07) is 7.34. The Labute approximate surface area is 202 Å². The average molecular weight is 487 g/mol. The van der Waals surface area contributed by atoms with Crippen molar-refractivity contribution in [1.29, 1.82) is 0 Å². The van der Waals surface area contributed by atoms with Gasteiger partial charge in [-0.3, -0.25) is 24.6 Å². The van der Waals surface area contributed by atoms with E-state index in [-0.39, 0.29) is 29.6 Å². The molecule has 33 heavy (non-hydrogen) atoms. The number of likely N-dealkylation sites (tertiary alicyclic amines) is 1. The Balaban J connectivity index is 1.50. The SMILES string of the molecule is CSCCC(C(=O)Nc1nnc(-c2ccc(C(C)C)cc2)s1)N1C(=O)C2CCCCC2C1=O. The zero-order valence-electron chi connectivity index (χ0n) is 19.2. The van der Waals surface area contributed by atoms with Crippen molar-refractivity contribution < 1.29 is 14.4 Å². The first-order valence-electron chi connectivity index (χ1n) is 11.5. The highest BCUT2D eigenvalue weighted by atomic mass is 32.2. The molecule has 2 aromatic rings. The monoisotopic (exact) mass is 486 g/mol. The summed E-state index contributed by atoms with van der Waals surface area (Å²) < 4.78 is 0. The maximum absolute atomic E-state index is 13.2. The molecule has 4 rings (SSSR count). The summed E-state index contributed by atoms with van der Waals surface area (Å²) in [6.45, 7) is 4.29. The molecule has 3 unspecified atom stereocenters.